The van der Waals surface area contributed by atoms with E-state index in [0.29, 0.717) is 18.8 Å². The number of benzene rings is 1. The summed E-state index contributed by atoms with van der Waals surface area (Å²) in [4.78, 5) is 2.07. The molecule has 1 fully saturated rings. The summed E-state index contributed by atoms with van der Waals surface area (Å²) in [6.45, 7) is 2.06. The van der Waals surface area contributed by atoms with Gasteiger partial charge >= 0.3 is 0 Å². The Morgan fingerprint density at radius 1 is 1.50 bits per heavy atom. The van der Waals surface area contributed by atoms with E-state index in [1.807, 2.05) is 12.1 Å². The van der Waals surface area contributed by atoms with E-state index in [2.05, 4.69) is 4.90 Å². The quantitative estimate of drug-likeness (QED) is 0.646. The Morgan fingerprint density at radius 2 is 2.31 bits per heavy atom. The molecule has 1 aromatic carbocycles. The molecule has 0 saturated carbocycles. The number of anilines is 1. The van der Waals surface area contributed by atoms with Crippen LogP contribution < -0.4 is 5.73 Å². The van der Waals surface area contributed by atoms with Gasteiger partial charge in [0.2, 0.25) is 0 Å². The van der Waals surface area contributed by atoms with Crippen LogP contribution in [0, 0.1) is 0 Å². The lowest BCUT2D eigenvalue weighted by atomic mass is 10.1. The summed E-state index contributed by atoms with van der Waals surface area (Å²) < 4.78 is 0. The van der Waals surface area contributed by atoms with Crippen molar-refractivity contribution in [2.75, 3.05) is 25.4 Å². The molecule has 0 spiro atoms. The first-order valence-corrected chi connectivity index (χ1v) is 5.59. The van der Waals surface area contributed by atoms with Crippen molar-refractivity contribution >= 4 is 5.69 Å². The van der Waals surface area contributed by atoms with Crippen LogP contribution >= 0.6 is 0 Å². The summed E-state index contributed by atoms with van der Waals surface area (Å²) in [5, 5.41) is 19.4. The summed E-state index contributed by atoms with van der Waals surface area (Å²) in [7, 11) is 0. The van der Waals surface area contributed by atoms with Gasteiger partial charge in [-0.2, -0.15) is 0 Å². The molecule has 1 saturated heterocycles. The van der Waals surface area contributed by atoms with E-state index in [9.17, 15) is 10.2 Å². The van der Waals surface area contributed by atoms with E-state index in [0.717, 1.165) is 18.5 Å². The van der Waals surface area contributed by atoms with E-state index in [4.69, 9.17) is 5.73 Å². The molecule has 1 aliphatic rings. The van der Waals surface area contributed by atoms with Gasteiger partial charge in [0.25, 0.3) is 0 Å². The Hall–Kier alpha value is -1.10. The van der Waals surface area contributed by atoms with Crippen molar-refractivity contribution in [3.8, 4) is 0 Å². The van der Waals surface area contributed by atoms with Gasteiger partial charge in [0.05, 0.1) is 12.2 Å². The molecule has 0 radical (unpaired) electrons. The maximum absolute atomic E-state index is 10.0. The van der Waals surface area contributed by atoms with E-state index >= 15 is 0 Å². The van der Waals surface area contributed by atoms with Crippen molar-refractivity contribution in [1.29, 1.82) is 0 Å². The first-order valence-electron chi connectivity index (χ1n) is 5.59. The summed E-state index contributed by atoms with van der Waals surface area (Å²) >= 11 is 0. The molecule has 2 atom stereocenters. The highest BCUT2D eigenvalue weighted by Gasteiger charge is 2.22. The average molecular weight is 222 g/mol. The molecule has 1 aromatic rings. The van der Waals surface area contributed by atoms with Gasteiger partial charge in [0.15, 0.2) is 0 Å². The predicted molar refractivity (Wildman–Crippen MR) is 62.9 cm³/mol. The van der Waals surface area contributed by atoms with Crippen LogP contribution in [0.5, 0.6) is 0 Å². The molecule has 2 rings (SSSR count). The summed E-state index contributed by atoms with van der Waals surface area (Å²) in [5.41, 5.74) is 7.16. The number of β-amino-alcohol motifs (C(OH)–C–C–N with tert-alkyl or cyclic N) is 2. The summed E-state index contributed by atoms with van der Waals surface area (Å²) in [5.74, 6) is 0. The highest BCUT2D eigenvalue weighted by molar-refractivity contribution is 5.41. The number of nitrogen functional groups attached to an aromatic ring is 1. The third-order valence-electron chi connectivity index (χ3n) is 2.97. The Labute approximate surface area is 95.3 Å². The largest absolute Gasteiger partial charge is 0.399 e. The molecule has 1 aliphatic heterocycles. The van der Waals surface area contributed by atoms with Crippen molar-refractivity contribution in [3.63, 3.8) is 0 Å². The number of rotatable bonds is 3. The van der Waals surface area contributed by atoms with Crippen LogP contribution in [0.2, 0.25) is 0 Å². The van der Waals surface area contributed by atoms with Gasteiger partial charge in [-0.15, -0.1) is 0 Å². The Kier molecular flexibility index (Phi) is 3.43. The van der Waals surface area contributed by atoms with Crippen molar-refractivity contribution in [2.45, 2.75) is 18.6 Å². The molecule has 4 heteroatoms. The SMILES string of the molecule is Nc1cccc(C(O)CN2CCC(O)C2)c1. The van der Waals surface area contributed by atoms with Gasteiger partial charge in [0, 0.05) is 25.3 Å². The maximum Gasteiger partial charge on any atom is 0.0917 e. The molecular formula is C12H18N2O2. The van der Waals surface area contributed by atoms with E-state index < -0.39 is 6.10 Å². The number of nitrogens with zero attached hydrogens (tertiary/aromatic N) is 1. The normalized spacial score (nSPS) is 23.5. The van der Waals surface area contributed by atoms with Crippen molar-refractivity contribution in [1.82, 2.24) is 4.90 Å². The van der Waals surface area contributed by atoms with E-state index in [-0.39, 0.29) is 6.10 Å². The Balaban J connectivity index is 1.95. The second-order valence-corrected chi connectivity index (χ2v) is 4.39. The number of hydrogen-bond acceptors (Lipinski definition) is 4. The zero-order valence-corrected chi connectivity index (χ0v) is 9.21. The van der Waals surface area contributed by atoms with Crippen molar-refractivity contribution in [3.05, 3.63) is 29.8 Å². The molecule has 0 amide bonds. The fraction of sp³-hybridized carbons (Fsp3) is 0.500. The van der Waals surface area contributed by atoms with E-state index in [1.165, 1.54) is 0 Å². The molecule has 4 N–H and O–H groups in total. The van der Waals surface area contributed by atoms with Gasteiger partial charge in [-0.1, -0.05) is 12.1 Å². The highest BCUT2D eigenvalue weighted by atomic mass is 16.3. The number of nitrogens with two attached hydrogens (primary N) is 1. The monoisotopic (exact) mass is 222 g/mol. The van der Waals surface area contributed by atoms with E-state index in [1.54, 1.807) is 12.1 Å². The Morgan fingerprint density at radius 3 is 2.94 bits per heavy atom. The molecule has 2 unspecified atom stereocenters. The van der Waals surface area contributed by atoms with Crippen LogP contribution in [0.3, 0.4) is 0 Å². The number of likely N-dealkylation sites (tertiary alicyclic amines) is 1. The molecule has 88 valence electrons. The maximum atomic E-state index is 10.0. The average Bonchev–Trinajstić information content (AvgIpc) is 2.64. The Bertz CT molecular complexity index is 357. The lowest BCUT2D eigenvalue weighted by molar-refractivity contribution is 0.113. The minimum atomic E-state index is -0.534. The number of hydrogen-bond donors (Lipinski definition) is 3. The van der Waals surface area contributed by atoms with Gasteiger partial charge in [-0.3, -0.25) is 4.90 Å². The second kappa shape index (κ2) is 4.82. The van der Waals surface area contributed by atoms with Crippen molar-refractivity contribution < 1.29 is 10.2 Å². The highest BCUT2D eigenvalue weighted by Crippen LogP contribution is 2.19. The molecule has 4 nitrogen and oxygen atoms in total. The third kappa shape index (κ3) is 2.72. The van der Waals surface area contributed by atoms with Crippen molar-refractivity contribution in [2.24, 2.45) is 0 Å². The van der Waals surface area contributed by atoms with Crippen LogP contribution in [-0.4, -0.2) is 40.9 Å². The molecule has 0 aromatic heterocycles. The van der Waals surface area contributed by atoms with Gasteiger partial charge < -0.3 is 15.9 Å². The zero-order chi connectivity index (χ0) is 11.5. The molecule has 16 heavy (non-hydrogen) atoms. The summed E-state index contributed by atoms with van der Waals surface area (Å²) in [6, 6.07) is 7.30. The second-order valence-electron chi connectivity index (χ2n) is 4.39. The fourth-order valence-corrected chi connectivity index (χ4v) is 2.09. The molecule has 0 aliphatic carbocycles. The first kappa shape index (κ1) is 11.4. The third-order valence-corrected chi connectivity index (χ3v) is 2.97. The van der Waals surface area contributed by atoms with Gasteiger partial charge in [0.1, 0.15) is 0 Å². The topological polar surface area (TPSA) is 69.7 Å². The molecule has 1 heterocycles. The predicted octanol–water partition coefficient (Wildman–Crippen LogP) is 0.369. The fourth-order valence-electron chi connectivity index (χ4n) is 2.09. The summed E-state index contributed by atoms with van der Waals surface area (Å²) in [6.07, 6.45) is 0.0192. The molecule has 0 bridgehead atoms. The standard InChI is InChI=1S/C12H18N2O2/c13-10-3-1-2-9(6-10)12(16)8-14-5-4-11(15)7-14/h1-3,6,11-12,15-16H,4-5,7-8,13H2. The van der Waals surface area contributed by atoms with Crippen LogP contribution in [0.1, 0.15) is 18.1 Å². The number of aliphatic hydroxyl groups excluding tert-OH is 2. The lowest BCUT2D eigenvalue weighted by Crippen LogP contribution is -2.27. The molecular weight excluding hydrogens is 204 g/mol. The van der Waals surface area contributed by atoms with Crippen LogP contribution in [0.25, 0.3) is 0 Å². The lowest BCUT2D eigenvalue weighted by Gasteiger charge is -2.19. The minimum absolute atomic E-state index is 0.243. The minimum Gasteiger partial charge on any atom is -0.399 e. The van der Waals surface area contributed by atoms with Gasteiger partial charge in [-0.25, -0.2) is 0 Å². The first-order chi connectivity index (χ1) is 7.65. The van der Waals surface area contributed by atoms with Crippen LogP contribution in [0.15, 0.2) is 24.3 Å². The smallest absolute Gasteiger partial charge is 0.0917 e. The van der Waals surface area contributed by atoms with Gasteiger partial charge in [-0.05, 0) is 24.1 Å². The van der Waals surface area contributed by atoms with Crippen LogP contribution in [0.4, 0.5) is 5.69 Å². The zero-order valence-electron chi connectivity index (χ0n) is 9.21. The van der Waals surface area contributed by atoms with Crippen LogP contribution in [-0.2, 0) is 0 Å². The number of aliphatic hydroxyl groups is 2.